The van der Waals surface area contributed by atoms with Gasteiger partial charge in [-0.1, -0.05) is 26.2 Å². The third kappa shape index (κ3) is 2.79. The van der Waals surface area contributed by atoms with Crippen LogP contribution in [0.2, 0.25) is 0 Å². The third-order valence-electron chi connectivity index (χ3n) is 4.26. The Labute approximate surface area is 117 Å². The molecule has 2 unspecified atom stereocenters. The first-order valence-electron chi connectivity index (χ1n) is 7.24. The maximum absolute atomic E-state index is 13.2. The molecule has 6 heteroatoms. The first kappa shape index (κ1) is 15.2. The Kier molecular flexibility index (Phi) is 4.30. The summed E-state index contributed by atoms with van der Waals surface area (Å²) >= 11 is 0. The predicted octanol–water partition coefficient (Wildman–Crippen LogP) is 3.79. The average molecular weight is 289 g/mol. The predicted molar refractivity (Wildman–Crippen MR) is 72.4 cm³/mol. The number of nitrogen functional groups attached to an aromatic ring is 1. The Hall–Kier alpha value is -1.20. The molecule has 0 aliphatic heterocycles. The monoisotopic (exact) mass is 289 g/mol. The lowest BCUT2D eigenvalue weighted by molar-refractivity contribution is -0.187. The summed E-state index contributed by atoms with van der Waals surface area (Å²) < 4.78 is 41.2. The molecule has 0 aromatic carbocycles. The van der Waals surface area contributed by atoms with Crippen molar-refractivity contribution in [1.29, 1.82) is 0 Å². The van der Waals surface area contributed by atoms with Crippen molar-refractivity contribution in [3.63, 3.8) is 0 Å². The lowest BCUT2D eigenvalue weighted by atomic mass is 9.76. The summed E-state index contributed by atoms with van der Waals surface area (Å²) in [5, 5.41) is 4.31. The number of rotatable bonds is 3. The second-order valence-corrected chi connectivity index (χ2v) is 5.66. The number of halogens is 3. The zero-order valence-corrected chi connectivity index (χ0v) is 12.0. The molecule has 2 atom stereocenters. The minimum Gasteiger partial charge on any atom is -0.384 e. The first-order chi connectivity index (χ1) is 9.36. The highest BCUT2D eigenvalue weighted by Gasteiger charge is 2.47. The Morgan fingerprint density at radius 1 is 1.30 bits per heavy atom. The van der Waals surface area contributed by atoms with Crippen LogP contribution in [-0.4, -0.2) is 16.0 Å². The molecule has 0 spiro atoms. The van der Waals surface area contributed by atoms with Crippen LogP contribution in [0.4, 0.5) is 19.0 Å². The van der Waals surface area contributed by atoms with Gasteiger partial charge >= 0.3 is 6.18 Å². The number of hydrogen-bond acceptors (Lipinski definition) is 2. The van der Waals surface area contributed by atoms with E-state index in [1.54, 1.807) is 7.05 Å². The normalized spacial score (nSPS) is 24.1. The van der Waals surface area contributed by atoms with E-state index in [-0.39, 0.29) is 6.42 Å². The van der Waals surface area contributed by atoms with Gasteiger partial charge in [-0.3, -0.25) is 4.68 Å². The highest BCUT2D eigenvalue weighted by atomic mass is 19.4. The van der Waals surface area contributed by atoms with Crippen LogP contribution in [0.25, 0.3) is 0 Å². The Bertz CT molecular complexity index is 465. The third-order valence-corrected chi connectivity index (χ3v) is 4.26. The van der Waals surface area contributed by atoms with Gasteiger partial charge in [-0.2, -0.15) is 18.3 Å². The van der Waals surface area contributed by atoms with Crippen molar-refractivity contribution in [2.45, 2.75) is 57.5 Å². The molecule has 1 heterocycles. The van der Waals surface area contributed by atoms with Crippen molar-refractivity contribution < 1.29 is 13.2 Å². The van der Waals surface area contributed by atoms with Gasteiger partial charge in [0.2, 0.25) is 0 Å². The molecule has 0 radical (unpaired) electrons. The molecule has 0 amide bonds. The number of alkyl halides is 3. The Morgan fingerprint density at radius 3 is 2.55 bits per heavy atom. The Morgan fingerprint density at radius 2 is 1.95 bits per heavy atom. The summed E-state index contributed by atoms with van der Waals surface area (Å²) in [6, 6.07) is 0. The van der Waals surface area contributed by atoms with E-state index >= 15 is 0 Å². The second-order valence-electron chi connectivity index (χ2n) is 5.66. The van der Waals surface area contributed by atoms with Crippen LogP contribution < -0.4 is 5.73 Å². The number of aromatic nitrogens is 2. The van der Waals surface area contributed by atoms with Gasteiger partial charge < -0.3 is 5.73 Å². The van der Waals surface area contributed by atoms with Crippen molar-refractivity contribution in [2.24, 2.45) is 13.0 Å². The lowest BCUT2D eigenvalue weighted by Gasteiger charge is -2.32. The Balaban J connectivity index is 2.40. The fourth-order valence-corrected chi connectivity index (χ4v) is 3.26. The van der Waals surface area contributed by atoms with E-state index in [9.17, 15) is 13.2 Å². The molecule has 1 aromatic rings. The highest BCUT2D eigenvalue weighted by Crippen LogP contribution is 2.47. The van der Waals surface area contributed by atoms with Gasteiger partial charge in [0.25, 0.3) is 0 Å². The summed E-state index contributed by atoms with van der Waals surface area (Å²) in [6.45, 7) is 2.00. The van der Waals surface area contributed by atoms with E-state index in [4.69, 9.17) is 5.73 Å². The molecule has 2 N–H and O–H groups in total. The fraction of sp³-hybridized carbons (Fsp3) is 0.786. The fourth-order valence-electron chi connectivity index (χ4n) is 3.26. The second kappa shape index (κ2) is 5.66. The van der Waals surface area contributed by atoms with Crippen molar-refractivity contribution in [3.8, 4) is 0 Å². The van der Waals surface area contributed by atoms with Gasteiger partial charge in [0.05, 0.1) is 11.6 Å². The molecule has 0 bridgehead atoms. The number of nitrogens with zero attached hydrogens (tertiary/aromatic N) is 2. The largest absolute Gasteiger partial charge is 0.392 e. The molecule has 1 aliphatic rings. The molecule has 0 saturated heterocycles. The van der Waals surface area contributed by atoms with E-state index in [1.807, 2.05) is 6.92 Å². The molecule has 1 aromatic heterocycles. The van der Waals surface area contributed by atoms with E-state index < -0.39 is 18.0 Å². The summed E-state index contributed by atoms with van der Waals surface area (Å²) in [5.74, 6) is -1.30. The smallest absolute Gasteiger partial charge is 0.384 e. The van der Waals surface area contributed by atoms with E-state index in [1.165, 1.54) is 4.68 Å². The van der Waals surface area contributed by atoms with E-state index in [2.05, 4.69) is 5.10 Å². The van der Waals surface area contributed by atoms with Gasteiger partial charge in [0.1, 0.15) is 5.82 Å². The number of aryl methyl sites for hydroxylation is 1. The van der Waals surface area contributed by atoms with Crippen molar-refractivity contribution in [1.82, 2.24) is 9.78 Å². The minimum absolute atomic E-state index is 0.205. The molecule has 3 nitrogen and oxygen atoms in total. The SMILES string of the molecule is CCCc1c(C2CCCCC2C(F)(F)F)nn(C)c1N. The maximum Gasteiger partial charge on any atom is 0.392 e. The van der Waals surface area contributed by atoms with E-state index in [0.29, 0.717) is 30.8 Å². The number of anilines is 1. The molecule has 1 aliphatic carbocycles. The number of nitrogens with two attached hydrogens (primary N) is 1. The zero-order chi connectivity index (χ0) is 14.9. The summed E-state index contributed by atoms with van der Waals surface area (Å²) in [4.78, 5) is 0. The molecular weight excluding hydrogens is 267 g/mol. The topological polar surface area (TPSA) is 43.8 Å². The van der Waals surface area contributed by atoms with Crippen LogP contribution in [0.5, 0.6) is 0 Å². The molecule has 114 valence electrons. The zero-order valence-electron chi connectivity index (χ0n) is 12.0. The minimum atomic E-state index is -4.15. The van der Waals surface area contributed by atoms with E-state index in [0.717, 1.165) is 18.4 Å². The van der Waals surface area contributed by atoms with Crippen molar-refractivity contribution in [3.05, 3.63) is 11.3 Å². The number of hydrogen-bond donors (Lipinski definition) is 1. The van der Waals surface area contributed by atoms with Crippen LogP contribution >= 0.6 is 0 Å². The molecular formula is C14H22F3N3. The van der Waals surface area contributed by atoms with Crippen LogP contribution in [-0.2, 0) is 13.5 Å². The van der Waals surface area contributed by atoms with Crippen LogP contribution in [0.15, 0.2) is 0 Å². The summed E-state index contributed by atoms with van der Waals surface area (Å²) in [7, 11) is 1.70. The quantitative estimate of drug-likeness (QED) is 0.920. The lowest BCUT2D eigenvalue weighted by Crippen LogP contribution is -2.32. The molecule has 1 fully saturated rings. The molecule has 20 heavy (non-hydrogen) atoms. The van der Waals surface area contributed by atoms with Gasteiger partial charge in [0.15, 0.2) is 0 Å². The van der Waals surface area contributed by atoms with Crippen LogP contribution in [0.3, 0.4) is 0 Å². The van der Waals surface area contributed by atoms with Crippen LogP contribution in [0, 0.1) is 5.92 Å². The van der Waals surface area contributed by atoms with Crippen molar-refractivity contribution in [2.75, 3.05) is 5.73 Å². The van der Waals surface area contributed by atoms with Gasteiger partial charge in [0, 0.05) is 18.5 Å². The van der Waals surface area contributed by atoms with Crippen molar-refractivity contribution >= 4 is 5.82 Å². The first-order valence-corrected chi connectivity index (χ1v) is 7.24. The maximum atomic E-state index is 13.2. The van der Waals surface area contributed by atoms with Gasteiger partial charge in [-0.05, 0) is 19.3 Å². The highest BCUT2D eigenvalue weighted by molar-refractivity contribution is 5.45. The standard InChI is InChI=1S/C14H22F3N3/c1-3-6-10-12(19-20(2)13(10)18)9-7-4-5-8-11(9)14(15,16)17/h9,11H,3-8,18H2,1-2H3. The van der Waals surface area contributed by atoms with Gasteiger partial charge in [-0.15, -0.1) is 0 Å². The molecule has 1 saturated carbocycles. The summed E-state index contributed by atoms with van der Waals surface area (Å²) in [6.07, 6.45) is -0.373. The average Bonchev–Trinajstić information content (AvgIpc) is 2.66. The van der Waals surface area contributed by atoms with Crippen LogP contribution in [0.1, 0.15) is 56.2 Å². The summed E-state index contributed by atoms with van der Waals surface area (Å²) in [5.41, 5.74) is 7.36. The molecule has 2 rings (SSSR count). The van der Waals surface area contributed by atoms with Gasteiger partial charge in [-0.25, -0.2) is 0 Å².